The molecule has 7 nitrogen and oxygen atoms in total. The molecule has 0 unspecified atom stereocenters. The van der Waals surface area contributed by atoms with Crippen molar-refractivity contribution < 1.29 is 23.4 Å². The second kappa shape index (κ2) is 9.38. The Morgan fingerprint density at radius 1 is 1.11 bits per heavy atom. The number of nitrogens with zero attached hydrogens (tertiary/aromatic N) is 1. The summed E-state index contributed by atoms with van der Waals surface area (Å²) in [6.07, 6.45) is -1.01. The predicted octanol–water partition coefficient (Wildman–Crippen LogP) is 1.61. The van der Waals surface area contributed by atoms with Crippen molar-refractivity contribution in [3.63, 3.8) is 0 Å². The minimum atomic E-state index is -3.92. The standard InChI is InChI=1S/C20H28N2O5S/c1-20(2,15-23)21-13-16(24)14-22(18-11-7-8-12-19(18)27-3)28(25,26)17-9-5-4-6-10-17/h4-12,16,21,23-24H,13-15H2,1-3H3/t16-/m0/s1. The predicted molar refractivity (Wildman–Crippen MR) is 109 cm³/mol. The summed E-state index contributed by atoms with van der Waals surface area (Å²) in [5.74, 6) is 0.387. The van der Waals surface area contributed by atoms with Gasteiger partial charge in [-0.1, -0.05) is 30.3 Å². The van der Waals surface area contributed by atoms with Crippen LogP contribution in [0.25, 0.3) is 0 Å². The fraction of sp³-hybridized carbons (Fsp3) is 0.400. The number of nitrogens with one attached hydrogen (secondary N) is 1. The van der Waals surface area contributed by atoms with Crippen molar-refractivity contribution in [3.05, 3.63) is 54.6 Å². The number of β-amino-alcohol motifs (C(OH)–C–C–N with tert-alkyl or cyclic N) is 1. The zero-order valence-corrected chi connectivity index (χ0v) is 17.2. The first kappa shape index (κ1) is 22.2. The van der Waals surface area contributed by atoms with Crippen molar-refractivity contribution in [2.45, 2.75) is 30.4 Å². The number of para-hydroxylation sites is 2. The van der Waals surface area contributed by atoms with Gasteiger partial charge in [0.1, 0.15) is 5.75 Å². The highest BCUT2D eigenvalue weighted by molar-refractivity contribution is 7.92. The van der Waals surface area contributed by atoms with Crippen molar-refractivity contribution in [2.24, 2.45) is 0 Å². The van der Waals surface area contributed by atoms with Crippen LogP contribution in [-0.2, 0) is 10.0 Å². The van der Waals surface area contributed by atoms with Crippen LogP contribution in [0.2, 0.25) is 0 Å². The Kier molecular flexibility index (Phi) is 7.42. The van der Waals surface area contributed by atoms with E-state index in [-0.39, 0.29) is 24.6 Å². The quantitative estimate of drug-likeness (QED) is 0.552. The first-order chi connectivity index (χ1) is 13.2. The third-order valence-corrected chi connectivity index (χ3v) is 6.07. The van der Waals surface area contributed by atoms with Gasteiger partial charge in [0.25, 0.3) is 10.0 Å². The summed E-state index contributed by atoms with van der Waals surface area (Å²) in [5.41, 5.74) is -0.247. The van der Waals surface area contributed by atoms with Gasteiger partial charge < -0.3 is 20.3 Å². The number of methoxy groups -OCH3 is 1. The van der Waals surface area contributed by atoms with E-state index in [0.29, 0.717) is 11.4 Å². The number of hydrogen-bond donors (Lipinski definition) is 3. The highest BCUT2D eigenvalue weighted by atomic mass is 32.2. The molecule has 0 aliphatic carbocycles. The number of ether oxygens (including phenoxy) is 1. The van der Waals surface area contributed by atoms with E-state index in [4.69, 9.17) is 4.74 Å². The molecular formula is C20H28N2O5S. The summed E-state index contributed by atoms with van der Waals surface area (Å²) < 4.78 is 33.1. The van der Waals surface area contributed by atoms with Crippen LogP contribution in [0.1, 0.15) is 13.8 Å². The second-order valence-corrected chi connectivity index (χ2v) is 8.96. The fourth-order valence-electron chi connectivity index (χ4n) is 2.59. The molecule has 0 bridgehead atoms. The Hall–Kier alpha value is -2.13. The molecule has 2 aromatic carbocycles. The molecule has 0 saturated heterocycles. The van der Waals surface area contributed by atoms with Gasteiger partial charge in [-0.3, -0.25) is 4.31 Å². The lowest BCUT2D eigenvalue weighted by molar-refractivity contribution is 0.140. The van der Waals surface area contributed by atoms with Crippen molar-refractivity contribution in [3.8, 4) is 5.75 Å². The van der Waals surface area contributed by atoms with Gasteiger partial charge >= 0.3 is 0 Å². The van der Waals surface area contributed by atoms with Gasteiger partial charge in [-0.25, -0.2) is 8.42 Å². The van der Waals surface area contributed by atoms with E-state index in [1.54, 1.807) is 56.3 Å². The molecule has 0 saturated carbocycles. The van der Waals surface area contributed by atoms with E-state index in [1.165, 1.54) is 19.2 Å². The summed E-state index contributed by atoms with van der Waals surface area (Å²) in [6, 6.07) is 14.8. The first-order valence-electron chi connectivity index (χ1n) is 8.96. The zero-order chi connectivity index (χ0) is 20.8. The van der Waals surface area contributed by atoms with Crippen LogP contribution in [-0.4, -0.2) is 57.1 Å². The van der Waals surface area contributed by atoms with E-state index in [9.17, 15) is 18.6 Å². The van der Waals surface area contributed by atoms with E-state index in [2.05, 4.69) is 5.32 Å². The Balaban J connectivity index is 2.37. The molecule has 2 aromatic rings. The molecule has 0 spiro atoms. The summed E-state index contributed by atoms with van der Waals surface area (Å²) in [5, 5.41) is 22.9. The largest absolute Gasteiger partial charge is 0.495 e. The summed E-state index contributed by atoms with van der Waals surface area (Å²) >= 11 is 0. The Morgan fingerprint density at radius 3 is 2.32 bits per heavy atom. The van der Waals surface area contributed by atoms with E-state index < -0.39 is 21.7 Å². The normalized spacial score (nSPS) is 13.2. The van der Waals surface area contributed by atoms with Crippen LogP contribution in [0.3, 0.4) is 0 Å². The molecule has 0 heterocycles. The van der Waals surface area contributed by atoms with Gasteiger partial charge in [-0.2, -0.15) is 0 Å². The summed E-state index contributed by atoms with van der Waals surface area (Å²) in [6.45, 7) is 3.41. The van der Waals surface area contributed by atoms with Gasteiger partial charge in [0.2, 0.25) is 0 Å². The molecule has 28 heavy (non-hydrogen) atoms. The van der Waals surface area contributed by atoms with Gasteiger partial charge in [-0.15, -0.1) is 0 Å². The molecule has 0 fully saturated rings. The van der Waals surface area contributed by atoms with Crippen LogP contribution >= 0.6 is 0 Å². The SMILES string of the molecule is COc1ccccc1N(C[C@@H](O)CNC(C)(C)CO)S(=O)(=O)c1ccccc1. The average Bonchev–Trinajstić information content (AvgIpc) is 2.71. The maximum Gasteiger partial charge on any atom is 0.264 e. The number of sulfonamides is 1. The zero-order valence-electron chi connectivity index (χ0n) is 16.4. The number of rotatable bonds is 10. The van der Waals surface area contributed by atoms with E-state index >= 15 is 0 Å². The minimum absolute atomic E-state index is 0.113. The number of aliphatic hydroxyl groups excluding tert-OH is 2. The monoisotopic (exact) mass is 408 g/mol. The highest BCUT2D eigenvalue weighted by Gasteiger charge is 2.29. The van der Waals surface area contributed by atoms with Crippen molar-refractivity contribution in [2.75, 3.05) is 31.1 Å². The van der Waals surface area contributed by atoms with Crippen LogP contribution in [0.4, 0.5) is 5.69 Å². The number of aliphatic hydroxyl groups is 2. The third-order valence-electron chi connectivity index (χ3n) is 4.27. The first-order valence-corrected chi connectivity index (χ1v) is 10.4. The van der Waals surface area contributed by atoms with E-state index in [0.717, 1.165) is 4.31 Å². The van der Waals surface area contributed by atoms with Crippen molar-refractivity contribution >= 4 is 15.7 Å². The molecule has 0 aliphatic heterocycles. The molecule has 0 aliphatic rings. The third kappa shape index (κ3) is 5.45. The lowest BCUT2D eigenvalue weighted by Crippen LogP contribution is -2.49. The molecule has 0 aromatic heterocycles. The molecular weight excluding hydrogens is 380 g/mol. The van der Waals surface area contributed by atoms with Gasteiger partial charge in [0, 0.05) is 12.1 Å². The molecule has 0 amide bonds. The molecule has 3 N–H and O–H groups in total. The number of hydrogen-bond acceptors (Lipinski definition) is 6. The smallest absolute Gasteiger partial charge is 0.264 e. The fourth-order valence-corrected chi connectivity index (χ4v) is 4.12. The van der Waals surface area contributed by atoms with Gasteiger partial charge in [0.15, 0.2) is 0 Å². The minimum Gasteiger partial charge on any atom is -0.495 e. The maximum atomic E-state index is 13.3. The van der Waals surface area contributed by atoms with Crippen LogP contribution in [0, 0.1) is 0 Å². The molecule has 2 rings (SSSR count). The number of anilines is 1. The maximum absolute atomic E-state index is 13.3. The van der Waals surface area contributed by atoms with Crippen molar-refractivity contribution in [1.82, 2.24) is 5.32 Å². The van der Waals surface area contributed by atoms with Gasteiger partial charge in [0.05, 0.1) is 36.9 Å². The van der Waals surface area contributed by atoms with Gasteiger partial charge in [-0.05, 0) is 38.1 Å². The second-order valence-electron chi connectivity index (χ2n) is 7.10. The topological polar surface area (TPSA) is 99.1 Å². The van der Waals surface area contributed by atoms with E-state index in [1.807, 2.05) is 0 Å². The Labute approximate surface area is 166 Å². The molecule has 1 atom stereocenters. The average molecular weight is 409 g/mol. The summed E-state index contributed by atoms with van der Waals surface area (Å²) in [4.78, 5) is 0.122. The van der Waals surface area contributed by atoms with Crippen LogP contribution in [0.5, 0.6) is 5.75 Å². The highest BCUT2D eigenvalue weighted by Crippen LogP contribution is 2.32. The van der Waals surface area contributed by atoms with Crippen molar-refractivity contribution in [1.29, 1.82) is 0 Å². The lowest BCUT2D eigenvalue weighted by Gasteiger charge is -2.30. The van der Waals surface area contributed by atoms with Crippen LogP contribution in [0.15, 0.2) is 59.5 Å². The molecule has 8 heteroatoms. The molecule has 0 radical (unpaired) electrons. The summed E-state index contributed by atoms with van der Waals surface area (Å²) in [7, 11) is -2.46. The van der Waals surface area contributed by atoms with Crippen LogP contribution < -0.4 is 14.4 Å². The number of benzene rings is 2. The lowest BCUT2D eigenvalue weighted by atomic mass is 10.1. The Bertz CT molecular complexity index is 856. The molecule has 154 valence electrons. The Morgan fingerprint density at radius 2 is 1.71 bits per heavy atom.